The molecule has 0 N–H and O–H groups in total. The average molecular weight is 858 g/mol. The Morgan fingerprint density at radius 3 is 1.86 bits per heavy atom. The van der Waals surface area contributed by atoms with Crippen LogP contribution in [0.2, 0.25) is 19.6 Å². The molecule has 0 radical (unpaired) electrons. The molecule has 7 heteroatoms. The van der Waals surface area contributed by atoms with Gasteiger partial charge in [-0.2, -0.15) is 8.78 Å². The van der Waals surface area contributed by atoms with Crippen molar-refractivity contribution >= 4 is 57.8 Å². The largest absolute Gasteiger partial charge is 0.321 e. The standard InChI is InChI=1S/C56H50F2N4Si/c1-55(2,3)40-30-31-59-53(35-40)62-49-25-14-13-22-47(49)48-29-28-41(34-52(48)62)56(57,58)42-32-43(36-44(33-42)63(4,5)6)60-37-61(51-27-16-15-26-50(51)60)54-45(38-18-9-7-10-19-38)23-17-24-46(54)39-20-11-8-12-21-39/h7-36H,37H2,1-6H3/i7D,8D,9D,10D,11D,12D,17D,18D,19D,20D,21D,23D,24D. The second-order valence-electron chi connectivity index (χ2n) is 17.8. The van der Waals surface area contributed by atoms with Crippen LogP contribution in [-0.4, -0.2) is 24.3 Å². The molecule has 312 valence electrons. The summed E-state index contributed by atoms with van der Waals surface area (Å²) >= 11 is 0. The third-order valence-electron chi connectivity index (χ3n) is 11.7. The summed E-state index contributed by atoms with van der Waals surface area (Å²) in [6, 6.07) is 18.1. The molecule has 2 aromatic heterocycles. The Hall–Kier alpha value is -6.83. The van der Waals surface area contributed by atoms with Gasteiger partial charge in [-0.3, -0.25) is 4.57 Å². The smallest absolute Gasteiger partial charge is 0.298 e. The van der Waals surface area contributed by atoms with Crippen molar-refractivity contribution < 1.29 is 26.6 Å². The Labute approximate surface area is 388 Å². The van der Waals surface area contributed by atoms with Crippen LogP contribution < -0.4 is 15.0 Å². The zero-order chi connectivity index (χ0) is 55.0. The molecule has 0 spiro atoms. The van der Waals surface area contributed by atoms with Crippen LogP contribution in [0, 0.1) is 0 Å². The second kappa shape index (κ2) is 15.2. The Kier molecular flexibility index (Phi) is 6.75. The maximum Gasteiger partial charge on any atom is 0.298 e. The van der Waals surface area contributed by atoms with E-state index in [1.165, 1.54) is 23.1 Å². The molecule has 0 unspecified atom stereocenters. The number of para-hydroxylation sites is 4. The van der Waals surface area contributed by atoms with E-state index in [9.17, 15) is 2.74 Å². The summed E-state index contributed by atoms with van der Waals surface area (Å²) in [5.74, 6) is -3.03. The van der Waals surface area contributed by atoms with Gasteiger partial charge in [-0.25, -0.2) is 4.98 Å². The van der Waals surface area contributed by atoms with E-state index in [1.807, 2.05) is 66.7 Å². The average Bonchev–Trinajstić information content (AvgIpc) is 3.98. The number of hydrogen-bond acceptors (Lipinski definition) is 3. The van der Waals surface area contributed by atoms with E-state index >= 15 is 8.78 Å². The normalized spacial score (nSPS) is 16.2. The molecular formula is C56H50F2N4Si. The molecule has 0 saturated carbocycles. The van der Waals surface area contributed by atoms with Gasteiger partial charge in [0.25, 0.3) is 5.92 Å². The van der Waals surface area contributed by atoms with Crippen molar-refractivity contribution in [2.24, 2.45) is 0 Å². The number of rotatable bonds is 8. The quantitative estimate of drug-likeness (QED) is 0.142. The molecule has 4 nitrogen and oxygen atoms in total. The molecule has 0 bridgehead atoms. The molecule has 0 saturated heterocycles. The Morgan fingerprint density at radius 1 is 0.587 bits per heavy atom. The van der Waals surface area contributed by atoms with E-state index in [0.717, 1.165) is 21.9 Å². The summed E-state index contributed by atoms with van der Waals surface area (Å²) in [6.45, 7) is 12.1. The summed E-state index contributed by atoms with van der Waals surface area (Å²) in [5, 5.41) is 2.31. The molecule has 0 atom stereocenters. The topological polar surface area (TPSA) is 24.3 Å². The number of halogens is 2. The van der Waals surface area contributed by atoms with Gasteiger partial charge in [0.05, 0.1) is 54.0 Å². The van der Waals surface area contributed by atoms with Crippen LogP contribution in [0.5, 0.6) is 0 Å². The minimum absolute atomic E-state index is 0.221. The summed E-state index contributed by atoms with van der Waals surface area (Å²) in [4.78, 5) is 7.99. The number of hydrogen-bond donors (Lipinski definition) is 0. The molecule has 10 rings (SSSR count). The van der Waals surface area contributed by atoms with Crippen LogP contribution >= 0.6 is 0 Å². The van der Waals surface area contributed by atoms with Crippen LogP contribution in [0.3, 0.4) is 0 Å². The lowest BCUT2D eigenvalue weighted by Crippen LogP contribution is -2.39. The first-order valence-electron chi connectivity index (χ1n) is 27.1. The van der Waals surface area contributed by atoms with Crippen LogP contribution in [0.15, 0.2) is 182 Å². The van der Waals surface area contributed by atoms with Gasteiger partial charge in [0.1, 0.15) is 12.5 Å². The molecule has 1 aliphatic rings. The molecule has 63 heavy (non-hydrogen) atoms. The van der Waals surface area contributed by atoms with Crippen molar-refractivity contribution in [3.8, 4) is 28.1 Å². The maximum atomic E-state index is 18.0. The lowest BCUT2D eigenvalue weighted by Gasteiger charge is -2.29. The highest BCUT2D eigenvalue weighted by atomic mass is 28.3. The van der Waals surface area contributed by atoms with Gasteiger partial charge in [0, 0.05) is 44.9 Å². The fourth-order valence-electron chi connectivity index (χ4n) is 8.38. The van der Waals surface area contributed by atoms with Crippen LogP contribution in [0.1, 0.15) is 55.3 Å². The van der Waals surface area contributed by atoms with Crippen LogP contribution in [0.4, 0.5) is 31.5 Å². The van der Waals surface area contributed by atoms with Gasteiger partial charge >= 0.3 is 0 Å². The van der Waals surface area contributed by atoms with Crippen molar-refractivity contribution in [2.75, 3.05) is 16.5 Å². The summed E-state index contributed by atoms with van der Waals surface area (Å²) in [6.07, 6.45) is 1.73. The lowest BCUT2D eigenvalue weighted by atomic mass is 9.88. The highest BCUT2D eigenvalue weighted by molar-refractivity contribution is 6.88. The van der Waals surface area contributed by atoms with E-state index < -0.39 is 115 Å². The monoisotopic (exact) mass is 857 g/mol. The van der Waals surface area contributed by atoms with E-state index in [0.29, 0.717) is 33.6 Å². The number of benzene rings is 7. The Balaban J connectivity index is 1.21. The minimum Gasteiger partial charge on any atom is -0.321 e. The summed E-state index contributed by atoms with van der Waals surface area (Å²) < 4.78 is 154. The number of pyridine rings is 1. The van der Waals surface area contributed by atoms with Gasteiger partial charge < -0.3 is 9.80 Å². The Morgan fingerprint density at radius 2 is 1.21 bits per heavy atom. The predicted molar refractivity (Wildman–Crippen MR) is 263 cm³/mol. The highest BCUT2D eigenvalue weighted by Gasteiger charge is 2.38. The zero-order valence-corrected chi connectivity index (χ0v) is 36.6. The second-order valence-corrected chi connectivity index (χ2v) is 22.9. The molecule has 9 aromatic rings. The predicted octanol–water partition coefficient (Wildman–Crippen LogP) is 14.7. The SMILES string of the molecule is [2H]c1c([2H])c([2H])c(-c2c([2H])c([2H])c([2H])c(-c3c([2H])c([2H])c([2H])c([2H])c3[2H])c2N2CN(c3cc(C(F)(F)c4ccc5c6ccccc6n(-c6cc(C(C)(C)C)ccn6)c5c4)cc([Si](C)(C)C)c3)c3ccccc32)c([2H])c1[2H]. The van der Waals surface area contributed by atoms with Gasteiger partial charge in [-0.1, -0.05) is 173 Å². The molecule has 0 amide bonds. The molecule has 0 aliphatic carbocycles. The van der Waals surface area contributed by atoms with Gasteiger partial charge in [0.2, 0.25) is 0 Å². The number of anilines is 4. The van der Waals surface area contributed by atoms with Crippen LogP contribution in [0.25, 0.3) is 49.9 Å². The number of aromatic nitrogens is 2. The fraction of sp³-hybridized carbons (Fsp3) is 0.161. The van der Waals surface area contributed by atoms with E-state index in [1.54, 1.807) is 47.5 Å². The summed E-state index contributed by atoms with van der Waals surface area (Å²) in [5.41, 5.74) is 0.404. The van der Waals surface area contributed by atoms with E-state index in [4.69, 9.17) is 20.1 Å². The van der Waals surface area contributed by atoms with Gasteiger partial charge in [0.15, 0.2) is 0 Å². The van der Waals surface area contributed by atoms with Crippen molar-refractivity contribution in [3.63, 3.8) is 0 Å². The van der Waals surface area contributed by atoms with E-state index in [2.05, 4.69) is 20.8 Å². The zero-order valence-electron chi connectivity index (χ0n) is 48.6. The first kappa shape index (κ1) is 28.0. The lowest BCUT2D eigenvalue weighted by molar-refractivity contribution is 0.0431. The third-order valence-corrected chi connectivity index (χ3v) is 13.7. The summed E-state index contributed by atoms with van der Waals surface area (Å²) in [7, 11) is -2.46. The maximum absolute atomic E-state index is 18.0. The first-order chi connectivity index (χ1) is 35.7. The third kappa shape index (κ3) is 7.10. The number of fused-ring (bicyclic) bond motifs is 4. The van der Waals surface area contributed by atoms with Gasteiger partial charge in [-0.05, 0) is 70.6 Å². The van der Waals surface area contributed by atoms with Crippen molar-refractivity contribution in [2.45, 2.75) is 51.7 Å². The number of alkyl halides is 2. The molecule has 7 aromatic carbocycles. The first-order valence-corrected chi connectivity index (χ1v) is 24.1. The highest BCUT2D eigenvalue weighted by Crippen LogP contribution is 2.51. The molecule has 1 aliphatic heterocycles. The molecular weight excluding hydrogens is 795 g/mol. The van der Waals surface area contributed by atoms with Crippen molar-refractivity contribution in [1.82, 2.24) is 9.55 Å². The van der Waals surface area contributed by atoms with E-state index in [-0.39, 0.29) is 28.9 Å². The van der Waals surface area contributed by atoms with Crippen molar-refractivity contribution in [1.29, 1.82) is 0 Å². The van der Waals surface area contributed by atoms with Crippen LogP contribution in [-0.2, 0) is 11.3 Å². The minimum atomic E-state index is -3.61. The number of nitrogens with zero attached hydrogens (tertiary/aromatic N) is 4. The fourth-order valence-corrected chi connectivity index (χ4v) is 9.54. The molecule has 3 heterocycles. The molecule has 0 fully saturated rings. The Bertz CT molecular complexity index is 3790. The van der Waals surface area contributed by atoms with Crippen molar-refractivity contribution in [3.05, 3.63) is 199 Å². The van der Waals surface area contributed by atoms with Gasteiger partial charge in [-0.15, -0.1) is 0 Å².